The molecule has 0 spiro atoms. The third-order valence-electron chi connectivity index (χ3n) is 3.60. The quantitative estimate of drug-likeness (QED) is 0.439. The second-order valence-corrected chi connectivity index (χ2v) is 6.32. The van der Waals surface area contributed by atoms with Crippen molar-refractivity contribution >= 4 is 38.8 Å². The topological polar surface area (TPSA) is 76.2 Å². The molecule has 6 heteroatoms. The normalized spacial score (nSPS) is 11.9. The molecule has 22 heavy (non-hydrogen) atoms. The van der Waals surface area contributed by atoms with Crippen molar-refractivity contribution in [2.75, 3.05) is 11.2 Å². The van der Waals surface area contributed by atoms with Crippen LogP contribution in [0.2, 0.25) is 0 Å². The Kier molecular flexibility index (Phi) is 3.77. The van der Waals surface area contributed by atoms with E-state index >= 15 is 0 Å². The van der Waals surface area contributed by atoms with Gasteiger partial charge in [-0.2, -0.15) is 5.10 Å². The number of thiophene rings is 1. The first kappa shape index (κ1) is 14.5. The standard InChI is InChI=1S/C16H17N5S/c1-9-11(3)22-16-14(9)15(18-8-19-16)21-20-10(2)12-5-4-6-13(17)7-12/h4-8H,17H2,1-3H3,(H,18,19,21). The number of aromatic nitrogens is 2. The van der Waals surface area contributed by atoms with Gasteiger partial charge in [0, 0.05) is 10.6 Å². The highest BCUT2D eigenvalue weighted by Gasteiger charge is 2.11. The number of hydrogen-bond donors (Lipinski definition) is 2. The Labute approximate surface area is 132 Å². The van der Waals surface area contributed by atoms with E-state index in [1.807, 2.05) is 31.2 Å². The summed E-state index contributed by atoms with van der Waals surface area (Å²) in [5.41, 5.74) is 12.6. The van der Waals surface area contributed by atoms with Crippen LogP contribution in [0.5, 0.6) is 0 Å². The Morgan fingerprint density at radius 1 is 1.27 bits per heavy atom. The Hall–Kier alpha value is -2.47. The lowest BCUT2D eigenvalue weighted by Crippen LogP contribution is -2.02. The fourth-order valence-electron chi connectivity index (χ4n) is 2.23. The summed E-state index contributed by atoms with van der Waals surface area (Å²) in [7, 11) is 0. The van der Waals surface area contributed by atoms with E-state index in [9.17, 15) is 0 Å². The van der Waals surface area contributed by atoms with Gasteiger partial charge in [-0.05, 0) is 44.0 Å². The summed E-state index contributed by atoms with van der Waals surface area (Å²) in [5, 5.41) is 5.47. The molecule has 0 atom stereocenters. The minimum atomic E-state index is 0.723. The van der Waals surface area contributed by atoms with E-state index in [0.29, 0.717) is 0 Å². The summed E-state index contributed by atoms with van der Waals surface area (Å²) >= 11 is 1.67. The van der Waals surface area contributed by atoms with Crippen LogP contribution in [-0.2, 0) is 0 Å². The number of nitrogens with one attached hydrogen (secondary N) is 1. The summed E-state index contributed by atoms with van der Waals surface area (Å²) in [5.74, 6) is 0.732. The number of anilines is 2. The van der Waals surface area contributed by atoms with E-state index < -0.39 is 0 Å². The van der Waals surface area contributed by atoms with Crippen LogP contribution in [0.4, 0.5) is 11.5 Å². The number of nitrogens with zero attached hydrogens (tertiary/aromatic N) is 3. The Balaban J connectivity index is 1.95. The van der Waals surface area contributed by atoms with Gasteiger partial charge < -0.3 is 5.73 Å². The molecule has 0 amide bonds. The van der Waals surface area contributed by atoms with Crippen LogP contribution in [0.15, 0.2) is 35.7 Å². The fourth-order valence-corrected chi connectivity index (χ4v) is 3.23. The maximum Gasteiger partial charge on any atom is 0.158 e. The molecule has 0 bridgehead atoms. The molecule has 2 heterocycles. The van der Waals surface area contributed by atoms with Crippen molar-refractivity contribution in [3.8, 4) is 0 Å². The number of fused-ring (bicyclic) bond motifs is 1. The average Bonchev–Trinajstić information content (AvgIpc) is 2.80. The van der Waals surface area contributed by atoms with Crippen molar-refractivity contribution in [3.63, 3.8) is 0 Å². The number of nitrogens with two attached hydrogens (primary N) is 1. The highest BCUT2D eigenvalue weighted by Crippen LogP contribution is 2.32. The highest BCUT2D eigenvalue weighted by molar-refractivity contribution is 7.18. The molecule has 3 rings (SSSR count). The first-order valence-electron chi connectivity index (χ1n) is 6.93. The third kappa shape index (κ3) is 2.65. The Morgan fingerprint density at radius 3 is 2.86 bits per heavy atom. The lowest BCUT2D eigenvalue weighted by atomic mass is 10.1. The molecule has 0 unspecified atom stereocenters. The molecule has 1 aromatic carbocycles. The van der Waals surface area contributed by atoms with Crippen molar-refractivity contribution in [1.29, 1.82) is 0 Å². The smallest absolute Gasteiger partial charge is 0.158 e. The van der Waals surface area contributed by atoms with Gasteiger partial charge in [-0.25, -0.2) is 9.97 Å². The summed E-state index contributed by atoms with van der Waals surface area (Å²) in [4.78, 5) is 10.9. The largest absolute Gasteiger partial charge is 0.399 e. The van der Waals surface area contributed by atoms with Crippen molar-refractivity contribution in [2.45, 2.75) is 20.8 Å². The van der Waals surface area contributed by atoms with E-state index in [0.717, 1.165) is 33.0 Å². The summed E-state index contributed by atoms with van der Waals surface area (Å²) < 4.78 is 0. The van der Waals surface area contributed by atoms with Gasteiger partial charge in [0.25, 0.3) is 0 Å². The predicted octanol–water partition coefficient (Wildman–Crippen LogP) is 3.73. The number of hydrazone groups is 1. The van der Waals surface area contributed by atoms with Gasteiger partial charge in [-0.1, -0.05) is 12.1 Å². The number of rotatable bonds is 3. The Morgan fingerprint density at radius 2 is 2.09 bits per heavy atom. The molecule has 0 saturated carbocycles. The summed E-state index contributed by atoms with van der Waals surface area (Å²) in [6.07, 6.45) is 1.56. The number of nitrogen functional groups attached to an aromatic ring is 1. The monoisotopic (exact) mass is 311 g/mol. The summed E-state index contributed by atoms with van der Waals surface area (Å²) in [6.45, 7) is 6.11. The van der Waals surface area contributed by atoms with Crippen molar-refractivity contribution in [1.82, 2.24) is 9.97 Å². The Bertz CT molecular complexity index is 866. The van der Waals surface area contributed by atoms with Crippen LogP contribution in [0.1, 0.15) is 22.9 Å². The molecule has 112 valence electrons. The van der Waals surface area contributed by atoms with Crippen LogP contribution in [0.25, 0.3) is 10.2 Å². The minimum Gasteiger partial charge on any atom is -0.399 e. The van der Waals surface area contributed by atoms with Gasteiger partial charge in [-0.15, -0.1) is 11.3 Å². The van der Waals surface area contributed by atoms with E-state index in [4.69, 9.17) is 5.73 Å². The molecule has 3 aromatic rings. The zero-order valence-electron chi connectivity index (χ0n) is 12.7. The molecule has 2 aromatic heterocycles. The number of aryl methyl sites for hydroxylation is 2. The molecule has 0 aliphatic rings. The van der Waals surface area contributed by atoms with Crippen LogP contribution < -0.4 is 11.2 Å². The van der Waals surface area contributed by atoms with E-state index in [2.05, 4.69) is 34.3 Å². The van der Waals surface area contributed by atoms with E-state index in [-0.39, 0.29) is 0 Å². The molecule has 3 N–H and O–H groups in total. The molecular formula is C16H17N5S. The van der Waals surface area contributed by atoms with Crippen LogP contribution in [0, 0.1) is 13.8 Å². The van der Waals surface area contributed by atoms with Crippen molar-refractivity contribution in [3.05, 3.63) is 46.6 Å². The van der Waals surface area contributed by atoms with Gasteiger partial charge >= 0.3 is 0 Å². The van der Waals surface area contributed by atoms with Gasteiger partial charge in [-0.3, -0.25) is 5.43 Å². The lowest BCUT2D eigenvalue weighted by molar-refractivity contribution is 1.18. The zero-order chi connectivity index (χ0) is 15.7. The van der Waals surface area contributed by atoms with E-state index in [1.54, 1.807) is 17.7 Å². The first-order valence-corrected chi connectivity index (χ1v) is 7.75. The van der Waals surface area contributed by atoms with Gasteiger partial charge in [0.15, 0.2) is 5.82 Å². The van der Waals surface area contributed by atoms with Gasteiger partial charge in [0.1, 0.15) is 11.2 Å². The molecule has 0 fully saturated rings. The maximum atomic E-state index is 5.81. The summed E-state index contributed by atoms with van der Waals surface area (Å²) in [6, 6.07) is 7.65. The molecule has 5 nitrogen and oxygen atoms in total. The third-order valence-corrected chi connectivity index (χ3v) is 4.71. The molecule has 0 aliphatic heterocycles. The van der Waals surface area contributed by atoms with Crippen LogP contribution in [0.3, 0.4) is 0 Å². The first-order chi connectivity index (χ1) is 10.6. The molecule has 0 aliphatic carbocycles. The highest BCUT2D eigenvalue weighted by atomic mass is 32.1. The molecule has 0 saturated heterocycles. The molecule has 0 radical (unpaired) electrons. The SMILES string of the molecule is CC(=NNc1ncnc2sc(C)c(C)c12)c1cccc(N)c1. The zero-order valence-corrected chi connectivity index (χ0v) is 13.5. The maximum absolute atomic E-state index is 5.81. The number of benzene rings is 1. The van der Waals surface area contributed by atoms with Crippen LogP contribution in [-0.4, -0.2) is 15.7 Å². The second kappa shape index (κ2) is 5.73. The lowest BCUT2D eigenvalue weighted by Gasteiger charge is -2.05. The van der Waals surface area contributed by atoms with E-state index in [1.165, 1.54) is 10.4 Å². The molecular weight excluding hydrogens is 294 g/mol. The van der Waals surface area contributed by atoms with Gasteiger partial charge in [0.05, 0.1) is 11.1 Å². The number of hydrogen-bond acceptors (Lipinski definition) is 6. The average molecular weight is 311 g/mol. The predicted molar refractivity (Wildman–Crippen MR) is 93.6 cm³/mol. The van der Waals surface area contributed by atoms with Gasteiger partial charge in [0.2, 0.25) is 0 Å². The fraction of sp³-hybridized carbons (Fsp3) is 0.188. The van der Waals surface area contributed by atoms with Crippen molar-refractivity contribution < 1.29 is 0 Å². The van der Waals surface area contributed by atoms with Crippen molar-refractivity contribution in [2.24, 2.45) is 5.10 Å². The minimum absolute atomic E-state index is 0.723. The van der Waals surface area contributed by atoms with Crippen LogP contribution >= 0.6 is 11.3 Å². The second-order valence-electron chi connectivity index (χ2n) is 5.12.